The number of alkyl halides is 1. The van der Waals surface area contributed by atoms with Crippen LogP contribution < -0.4 is 5.73 Å². The molecule has 0 unspecified atom stereocenters. The number of hydrogen-bond acceptors (Lipinski definition) is 2. The molecule has 2 rings (SSSR count). The molecule has 72 valence electrons. The summed E-state index contributed by atoms with van der Waals surface area (Å²) in [5, 5.41) is 0. The van der Waals surface area contributed by atoms with E-state index < -0.39 is 5.91 Å². The number of primary amides is 1. The molecule has 0 saturated carbocycles. The van der Waals surface area contributed by atoms with E-state index in [4.69, 9.17) is 17.3 Å². The third-order valence-electron chi connectivity index (χ3n) is 1.92. The first-order chi connectivity index (χ1) is 6.70. The number of carbonyl (C=O) groups excluding carboxylic acids is 1. The number of hydrogen-bond donors (Lipinski definition) is 1. The van der Waals surface area contributed by atoms with Gasteiger partial charge in [-0.15, -0.1) is 11.6 Å². The molecular weight excluding hydrogens is 202 g/mol. The minimum absolute atomic E-state index is 0.355. The third kappa shape index (κ3) is 1.44. The van der Waals surface area contributed by atoms with Crippen molar-refractivity contribution in [2.24, 2.45) is 5.73 Å². The first kappa shape index (κ1) is 9.02. The van der Waals surface area contributed by atoms with E-state index in [1.165, 1.54) is 0 Å². The van der Waals surface area contributed by atoms with Gasteiger partial charge in [-0.2, -0.15) is 0 Å². The molecule has 1 amide bonds. The van der Waals surface area contributed by atoms with Crippen LogP contribution in [0.2, 0.25) is 0 Å². The lowest BCUT2D eigenvalue weighted by molar-refractivity contribution is 0.1000. The van der Waals surface area contributed by atoms with Gasteiger partial charge in [-0.25, -0.2) is 4.98 Å². The Hall–Kier alpha value is -1.55. The van der Waals surface area contributed by atoms with E-state index in [9.17, 15) is 4.79 Å². The van der Waals surface area contributed by atoms with Crippen LogP contribution >= 0.6 is 11.6 Å². The fourth-order valence-electron chi connectivity index (χ4n) is 1.25. The number of fused-ring (bicyclic) bond motifs is 1. The molecule has 0 aliphatic carbocycles. The normalized spacial score (nSPS) is 10.6. The fraction of sp³-hybridized carbons (Fsp3) is 0.111. The zero-order valence-corrected chi connectivity index (χ0v) is 8.03. The number of carbonyl (C=O) groups is 1. The average molecular weight is 210 g/mol. The van der Waals surface area contributed by atoms with Gasteiger partial charge >= 0.3 is 0 Å². The standard InChI is InChI=1S/C9H8ClN3O/c10-3-7-5-13-4-6(9(11)14)1-2-8(13)12-7/h1-2,4-5H,3H2,(H2,11,14). The number of aromatic nitrogens is 2. The van der Waals surface area contributed by atoms with Crippen molar-refractivity contribution in [3.8, 4) is 0 Å². The van der Waals surface area contributed by atoms with Crippen LogP contribution in [0.15, 0.2) is 24.5 Å². The Morgan fingerprint density at radius 2 is 2.29 bits per heavy atom. The summed E-state index contributed by atoms with van der Waals surface area (Å²) < 4.78 is 1.73. The van der Waals surface area contributed by atoms with Crippen molar-refractivity contribution in [3.63, 3.8) is 0 Å². The van der Waals surface area contributed by atoms with Crippen molar-refractivity contribution in [3.05, 3.63) is 35.8 Å². The second-order valence-corrected chi connectivity index (χ2v) is 3.18. The maximum Gasteiger partial charge on any atom is 0.250 e. The maximum atomic E-state index is 10.9. The molecule has 14 heavy (non-hydrogen) atoms. The van der Waals surface area contributed by atoms with Crippen molar-refractivity contribution in [1.29, 1.82) is 0 Å². The van der Waals surface area contributed by atoms with Crippen LogP contribution in [0.25, 0.3) is 5.65 Å². The Morgan fingerprint density at radius 1 is 1.50 bits per heavy atom. The minimum Gasteiger partial charge on any atom is -0.366 e. The molecule has 0 radical (unpaired) electrons. The number of nitrogens with zero attached hydrogens (tertiary/aromatic N) is 2. The fourth-order valence-corrected chi connectivity index (χ4v) is 1.38. The summed E-state index contributed by atoms with van der Waals surface area (Å²) in [5.74, 6) is -0.0962. The van der Waals surface area contributed by atoms with Crippen LogP contribution in [-0.2, 0) is 5.88 Å². The van der Waals surface area contributed by atoms with Crippen LogP contribution in [0.4, 0.5) is 0 Å². The van der Waals surface area contributed by atoms with Gasteiger partial charge < -0.3 is 10.1 Å². The van der Waals surface area contributed by atoms with Gasteiger partial charge in [0, 0.05) is 12.4 Å². The van der Waals surface area contributed by atoms with Gasteiger partial charge in [-0.05, 0) is 12.1 Å². The highest BCUT2D eigenvalue weighted by Gasteiger charge is 2.04. The Morgan fingerprint density at radius 3 is 2.93 bits per heavy atom. The maximum absolute atomic E-state index is 10.9. The van der Waals surface area contributed by atoms with E-state index in [2.05, 4.69) is 4.98 Å². The summed E-state index contributed by atoms with van der Waals surface area (Å²) in [6.45, 7) is 0. The third-order valence-corrected chi connectivity index (χ3v) is 2.20. The molecule has 0 aliphatic rings. The number of nitrogens with two attached hydrogens (primary N) is 1. The summed E-state index contributed by atoms with van der Waals surface area (Å²) in [6, 6.07) is 3.37. The van der Waals surface area contributed by atoms with E-state index in [1.807, 2.05) is 0 Å². The van der Waals surface area contributed by atoms with E-state index in [0.717, 1.165) is 11.3 Å². The summed E-state index contributed by atoms with van der Waals surface area (Å²) in [6.07, 6.45) is 3.41. The van der Waals surface area contributed by atoms with E-state index in [-0.39, 0.29) is 0 Å². The minimum atomic E-state index is -0.451. The van der Waals surface area contributed by atoms with Crippen LogP contribution in [-0.4, -0.2) is 15.3 Å². The summed E-state index contributed by atoms with van der Waals surface area (Å²) >= 11 is 5.63. The molecule has 0 aliphatic heterocycles. The topological polar surface area (TPSA) is 60.4 Å². The van der Waals surface area contributed by atoms with Crippen molar-refractivity contribution in [2.45, 2.75) is 5.88 Å². The van der Waals surface area contributed by atoms with Crippen LogP contribution in [0.3, 0.4) is 0 Å². The molecule has 2 N–H and O–H groups in total. The lowest BCUT2D eigenvalue weighted by Crippen LogP contribution is -2.11. The molecule has 0 aromatic carbocycles. The molecule has 0 spiro atoms. The SMILES string of the molecule is NC(=O)c1ccc2nc(CCl)cn2c1. The highest BCUT2D eigenvalue weighted by atomic mass is 35.5. The number of imidazole rings is 1. The molecule has 0 saturated heterocycles. The largest absolute Gasteiger partial charge is 0.366 e. The number of rotatable bonds is 2. The second-order valence-electron chi connectivity index (χ2n) is 2.91. The van der Waals surface area contributed by atoms with Gasteiger partial charge in [0.15, 0.2) is 0 Å². The lowest BCUT2D eigenvalue weighted by Gasteiger charge is -1.95. The molecule has 0 atom stereocenters. The molecule has 0 bridgehead atoms. The highest BCUT2D eigenvalue weighted by molar-refractivity contribution is 6.16. The monoisotopic (exact) mass is 209 g/mol. The van der Waals surface area contributed by atoms with Crippen molar-refractivity contribution in [2.75, 3.05) is 0 Å². The predicted octanol–water partition coefficient (Wildman–Crippen LogP) is 1.17. The van der Waals surface area contributed by atoms with Crippen LogP contribution in [0.5, 0.6) is 0 Å². The molecule has 2 aromatic heterocycles. The van der Waals surface area contributed by atoms with Gasteiger partial charge in [0.2, 0.25) is 5.91 Å². The predicted molar refractivity (Wildman–Crippen MR) is 53.3 cm³/mol. The first-order valence-electron chi connectivity index (χ1n) is 4.04. The van der Waals surface area contributed by atoms with Crippen LogP contribution in [0.1, 0.15) is 16.1 Å². The van der Waals surface area contributed by atoms with Gasteiger partial charge in [0.1, 0.15) is 5.65 Å². The quantitative estimate of drug-likeness (QED) is 0.755. The van der Waals surface area contributed by atoms with Gasteiger partial charge in [-0.3, -0.25) is 4.79 Å². The Kier molecular flexibility index (Phi) is 2.13. The molecular formula is C9H8ClN3O. The van der Waals surface area contributed by atoms with Crippen molar-refractivity contribution in [1.82, 2.24) is 9.38 Å². The molecule has 2 heterocycles. The lowest BCUT2D eigenvalue weighted by atomic mass is 10.3. The second kappa shape index (κ2) is 3.31. The smallest absolute Gasteiger partial charge is 0.250 e. The number of halogens is 1. The van der Waals surface area contributed by atoms with E-state index >= 15 is 0 Å². The molecule has 2 aromatic rings. The van der Waals surface area contributed by atoms with E-state index in [1.54, 1.807) is 28.9 Å². The Bertz CT molecular complexity index is 492. The average Bonchev–Trinajstić information content (AvgIpc) is 2.58. The number of amides is 1. The van der Waals surface area contributed by atoms with Gasteiger partial charge in [0.25, 0.3) is 0 Å². The molecule has 5 heteroatoms. The molecule has 4 nitrogen and oxygen atoms in total. The Balaban J connectivity index is 2.59. The zero-order valence-electron chi connectivity index (χ0n) is 7.27. The highest BCUT2D eigenvalue weighted by Crippen LogP contribution is 2.08. The van der Waals surface area contributed by atoms with Crippen LogP contribution in [0, 0.1) is 0 Å². The van der Waals surface area contributed by atoms with Gasteiger partial charge in [0.05, 0.1) is 17.1 Å². The van der Waals surface area contributed by atoms with Crippen molar-refractivity contribution < 1.29 is 4.79 Å². The first-order valence-corrected chi connectivity index (χ1v) is 4.57. The summed E-state index contributed by atoms with van der Waals surface area (Å²) in [4.78, 5) is 15.1. The van der Waals surface area contributed by atoms with Gasteiger partial charge in [-0.1, -0.05) is 0 Å². The number of pyridine rings is 1. The van der Waals surface area contributed by atoms with Crippen molar-refractivity contribution >= 4 is 23.2 Å². The summed E-state index contributed by atoms with van der Waals surface area (Å²) in [7, 11) is 0. The zero-order chi connectivity index (χ0) is 10.1. The summed E-state index contributed by atoms with van der Waals surface area (Å²) in [5.41, 5.74) is 7.13. The Labute approximate surface area is 85.3 Å². The van der Waals surface area contributed by atoms with E-state index in [0.29, 0.717) is 11.4 Å². The molecule has 0 fully saturated rings.